The van der Waals surface area contributed by atoms with Crippen LogP contribution in [0.1, 0.15) is 37.3 Å². The quantitative estimate of drug-likeness (QED) is 0.763. The van der Waals surface area contributed by atoms with E-state index in [0.29, 0.717) is 24.7 Å². The third-order valence-corrected chi connectivity index (χ3v) is 7.11. The van der Waals surface area contributed by atoms with Crippen LogP contribution in [0.5, 0.6) is 0 Å². The normalized spacial score (nSPS) is 19.3. The lowest BCUT2D eigenvalue weighted by Gasteiger charge is -2.25. The van der Waals surface area contributed by atoms with Gasteiger partial charge in [-0.05, 0) is 79.8 Å². The van der Waals surface area contributed by atoms with Crippen LogP contribution in [-0.4, -0.2) is 33.5 Å². The molecule has 29 heavy (non-hydrogen) atoms. The van der Waals surface area contributed by atoms with Crippen molar-refractivity contribution in [1.29, 1.82) is 0 Å². The van der Waals surface area contributed by atoms with Crippen LogP contribution in [0.15, 0.2) is 47.4 Å². The van der Waals surface area contributed by atoms with Crippen LogP contribution in [0.25, 0.3) is 0 Å². The van der Waals surface area contributed by atoms with Gasteiger partial charge in [-0.25, -0.2) is 8.42 Å². The Morgan fingerprint density at radius 2 is 1.86 bits per heavy atom. The number of hydrogen-bond donors (Lipinski definition) is 2. The van der Waals surface area contributed by atoms with Crippen LogP contribution in [0, 0.1) is 0 Å². The summed E-state index contributed by atoms with van der Waals surface area (Å²) in [5.41, 5.74) is 3.83. The summed E-state index contributed by atoms with van der Waals surface area (Å²) in [6, 6.07) is 12.8. The monoisotopic (exact) mass is 413 g/mol. The molecule has 1 atom stereocenters. The summed E-state index contributed by atoms with van der Waals surface area (Å²) in [4.78, 5) is 13.8. The van der Waals surface area contributed by atoms with Crippen LogP contribution in [0.2, 0.25) is 0 Å². The van der Waals surface area contributed by atoms with Crippen molar-refractivity contribution in [2.45, 2.75) is 50.0 Å². The molecule has 154 valence electrons. The molecule has 0 radical (unpaired) electrons. The molecule has 0 saturated carbocycles. The predicted molar refractivity (Wildman–Crippen MR) is 115 cm³/mol. The maximum Gasteiger partial charge on any atom is 0.261 e. The molecule has 1 saturated heterocycles. The minimum absolute atomic E-state index is 0.0872. The molecule has 0 aromatic heterocycles. The van der Waals surface area contributed by atoms with Crippen molar-refractivity contribution in [3.8, 4) is 0 Å². The van der Waals surface area contributed by atoms with Gasteiger partial charge in [-0.1, -0.05) is 13.0 Å². The topological polar surface area (TPSA) is 78.5 Å². The molecule has 0 bridgehead atoms. The second kappa shape index (κ2) is 8.16. The summed E-state index contributed by atoms with van der Waals surface area (Å²) in [5.74, 6) is 0.0872. The second-order valence-corrected chi connectivity index (χ2v) is 9.41. The van der Waals surface area contributed by atoms with Gasteiger partial charge in [0.15, 0.2) is 0 Å². The summed E-state index contributed by atoms with van der Waals surface area (Å²) < 4.78 is 28.3. The first-order valence-corrected chi connectivity index (χ1v) is 11.7. The fraction of sp³-hybridized carbons (Fsp3) is 0.409. The number of fused-ring (bicyclic) bond motifs is 1. The number of hydrogen-bond acceptors (Lipinski definition) is 4. The van der Waals surface area contributed by atoms with E-state index in [9.17, 15) is 13.2 Å². The molecular formula is C22H27N3O3S. The highest BCUT2D eigenvalue weighted by Crippen LogP contribution is 2.27. The maximum absolute atomic E-state index is 12.8. The molecule has 1 fully saturated rings. The third kappa shape index (κ3) is 4.31. The van der Waals surface area contributed by atoms with Gasteiger partial charge < -0.3 is 10.2 Å². The van der Waals surface area contributed by atoms with Crippen molar-refractivity contribution < 1.29 is 13.2 Å². The van der Waals surface area contributed by atoms with Crippen molar-refractivity contribution in [1.82, 2.24) is 5.32 Å². The van der Waals surface area contributed by atoms with Gasteiger partial charge in [-0.2, -0.15) is 0 Å². The van der Waals surface area contributed by atoms with Gasteiger partial charge >= 0.3 is 0 Å². The van der Waals surface area contributed by atoms with Gasteiger partial charge in [0.1, 0.15) is 0 Å². The van der Waals surface area contributed by atoms with Crippen molar-refractivity contribution in [2.75, 3.05) is 22.7 Å². The predicted octanol–water partition coefficient (Wildman–Crippen LogP) is 3.08. The molecule has 7 heteroatoms. The largest absolute Gasteiger partial charge is 0.314 e. The molecule has 1 unspecified atom stereocenters. The number of amides is 1. The van der Waals surface area contributed by atoms with Gasteiger partial charge in [0, 0.05) is 30.4 Å². The number of anilines is 2. The molecular weight excluding hydrogens is 386 g/mol. The highest BCUT2D eigenvalue weighted by atomic mass is 32.2. The first-order chi connectivity index (χ1) is 14.0. The fourth-order valence-corrected chi connectivity index (χ4v) is 5.27. The number of rotatable bonds is 6. The lowest BCUT2D eigenvalue weighted by molar-refractivity contribution is -0.117. The highest BCUT2D eigenvalue weighted by molar-refractivity contribution is 7.92. The van der Waals surface area contributed by atoms with E-state index in [-0.39, 0.29) is 10.8 Å². The molecule has 1 heterocycles. The Bertz CT molecular complexity index is 1000. The first kappa shape index (κ1) is 19.9. The third-order valence-electron chi connectivity index (χ3n) is 5.71. The molecule has 1 aliphatic carbocycles. The Hall–Kier alpha value is -2.38. The lowest BCUT2D eigenvalue weighted by Crippen LogP contribution is -2.34. The number of likely N-dealkylation sites (N-methyl/N-ethyl adjacent to an activating group) is 1. The Morgan fingerprint density at radius 1 is 1.07 bits per heavy atom. The summed E-state index contributed by atoms with van der Waals surface area (Å²) in [7, 11) is -3.68. The zero-order valence-electron chi connectivity index (χ0n) is 16.6. The van der Waals surface area contributed by atoms with Crippen molar-refractivity contribution >= 4 is 27.3 Å². The molecule has 6 nitrogen and oxygen atoms in total. The van der Waals surface area contributed by atoms with Gasteiger partial charge in [0.05, 0.1) is 4.90 Å². The average molecular weight is 414 g/mol. The van der Waals surface area contributed by atoms with E-state index in [1.54, 1.807) is 29.2 Å². The zero-order valence-corrected chi connectivity index (χ0v) is 17.5. The van der Waals surface area contributed by atoms with E-state index in [1.807, 2.05) is 18.2 Å². The van der Waals surface area contributed by atoms with E-state index >= 15 is 0 Å². The minimum atomic E-state index is -3.68. The molecule has 0 spiro atoms. The molecule has 2 aromatic carbocycles. The van der Waals surface area contributed by atoms with E-state index in [0.717, 1.165) is 37.9 Å². The molecule has 2 N–H and O–H groups in total. The van der Waals surface area contributed by atoms with E-state index in [2.05, 4.69) is 17.0 Å². The van der Waals surface area contributed by atoms with Gasteiger partial charge in [-0.3, -0.25) is 9.52 Å². The number of sulfonamides is 1. The summed E-state index contributed by atoms with van der Waals surface area (Å²) >= 11 is 0. The van der Waals surface area contributed by atoms with E-state index in [4.69, 9.17) is 0 Å². The Balaban J connectivity index is 1.48. The number of aryl methyl sites for hydroxylation is 1. The van der Waals surface area contributed by atoms with Crippen LogP contribution in [-0.2, 0) is 27.7 Å². The fourth-order valence-electron chi connectivity index (χ4n) is 4.22. The van der Waals surface area contributed by atoms with Crippen LogP contribution < -0.4 is 14.9 Å². The number of nitrogens with one attached hydrogen (secondary N) is 2. The molecule has 2 aliphatic rings. The molecule has 1 aliphatic heterocycles. The smallest absolute Gasteiger partial charge is 0.261 e. The van der Waals surface area contributed by atoms with E-state index in [1.165, 1.54) is 11.1 Å². The van der Waals surface area contributed by atoms with Gasteiger partial charge in [-0.15, -0.1) is 0 Å². The Morgan fingerprint density at radius 3 is 2.55 bits per heavy atom. The van der Waals surface area contributed by atoms with Gasteiger partial charge in [0.2, 0.25) is 5.91 Å². The standard InChI is InChI=1S/C22H27N3O3S/c1-2-23-18-7-5-17-15-19(8-6-16(17)14-18)24-29(27,28)21-11-9-20(10-12-21)25-13-3-4-22(25)26/h6,8-12,15,18,23-24H,2-5,7,13-14H2,1H3. The number of carbonyl (C=O) groups excluding carboxylic acids is 1. The van der Waals surface area contributed by atoms with Crippen molar-refractivity contribution in [3.63, 3.8) is 0 Å². The number of benzene rings is 2. The van der Waals surface area contributed by atoms with Crippen LogP contribution in [0.4, 0.5) is 11.4 Å². The summed E-state index contributed by atoms with van der Waals surface area (Å²) in [5, 5.41) is 3.49. The Kier molecular flexibility index (Phi) is 5.61. The van der Waals surface area contributed by atoms with Crippen LogP contribution in [0.3, 0.4) is 0 Å². The minimum Gasteiger partial charge on any atom is -0.314 e. The number of carbonyl (C=O) groups is 1. The van der Waals surface area contributed by atoms with Crippen molar-refractivity contribution in [3.05, 3.63) is 53.6 Å². The first-order valence-electron chi connectivity index (χ1n) is 10.2. The Labute approximate surface area is 172 Å². The lowest BCUT2D eigenvalue weighted by atomic mass is 9.88. The maximum atomic E-state index is 12.8. The average Bonchev–Trinajstić information content (AvgIpc) is 3.14. The molecule has 4 rings (SSSR count). The van der Waals surface area contributed by atoms with Gasteiger partial charge in [0.25, 0.3) is 10.0 Å². The number of nitrogens with zero attached hydrogens (tertiary/aromatic N) is 1. The summed E-state index contributed by atoms with van der Waals surface area (Å²) in [6.07, 6.45) is 4.38. The summed E-state index contributed by atoms with van der Waals surface area (Å²) in [6.45, 7) is 3.76. The highest BCUT2D eigenvalue weighted by Gasteiger charge is 2.23. The SMILES string of the molecule is CCNC1CCc2cc(NS(=O)(=O)c3ccc(N4CCCC4=O)cc3)ccc2C1. The van der Waals surface area contributed by atoms with Crippen molar-refractivity contribution in [2.24, 2.45) is 0 Å². The molecule has 2 aromatic rings. The molecule has 1 amide bonds. The van der Waals surface area contributed by atoms with E-state index < -0.39 is 10.0 Å². The second-order valence-electron chi connectivity index (χ2n) is 7.73. The zero-order chi connectivity index (χ0) is 20.4. The van der Waals surface area contributed by atoms with Crippen LogP contribution >= 0.6 is 0 Å².